The molecule has 16 heavy (non-hydrogen) atoms. The van der Waals surface area contributed by atoms with Crippen molar-refractivity contribution in [3.05, 3.63) is 0 Å². The second kappa shape index (κ2) is 9.46. The first-order valence-corrected chi connectivity index (χ1v) is 6.02. The molecule has 0 rings (SSSR count). The summed E-state index contributed by atoms with van der Waals surface area (Å²) in [5, 5.41) is 0. The number of methoxy groups -OCH3 is 1. The maximum atomic E-state index is 11.5. The zero-order valence-corrected chi connectivity index (χ0v) is 10.8. The van der Waals surface area contributed by atoms with E-state index >= 15 is 0 Å². The molecule has 5 heteroatoms. The van der Waals surface area contributed by atoms with Crippen molar-refractivity contribution in [2.45, 2.75) is 32.1 Å². The van der Waals surface area contributed by atoms with E-state index in [1.807, 2.05) is 0 Å². The van der Waals surface area contributed by atoms with E-state index in [9.17, 15) is 9.59 Å². The van der Waals surface area contributed by atoms with Crippen LogP contribution < -0.4 is 0 Å². The number of ether oxygens (including phenoxy) is 1. The lowest BCUT2D eigenvalue weighted by Crippen LogP contribution is -2.27. The van der Waals surface area contributed by atoms with Crippen molar-refractivity contribution in [2.75, 3.05) is 26.6 Å². The van der Waals surface area contributed by atoms with Gasteiger partial charge in [-0.3, -0.25) is 9.59 Å². The van der Waals surface area contributed by atoms with Crippen LogP contribution in [0.4, 0.5) is 0 Å². The SMILES string of the molecule is COC(=O)CCCN(C)C(=O)CCCCCl. The summed E-state index contributed by atoms with van der Waals surface area (Å²) in [5.41, 5.74) is 0. The van der Waals surface area contributed by atoms with Gasteiger partial charge in [-0.1, -0.05) is 0 Å². The number of alkyl halides is 1. The fourth-order valence-corrected chi connectivity index (χ4v) is 1.44. The van der Waals surface area contributed by atoms with Gasteiger partial charge in [0, 0.05) is 32.3 Å². The third kappa shape index (κ3) is 7.51. The number of esters is 1. The topological polar surface area (TPSA) is 46.6 Å². The molecule has 0 fully saturated rings. The lowest BCUT2D eigenvalue weighted by molar-refractivity contribution is -0.141. The van der Waals surface area contributed by atoms with Crippen LogP contribution in [-0.2, 0) is 14.3 Å². The Kier molecular flexibility index (Phi) is 9.00. The molecular weight excluding hydrogens is 230 g/mol. The van der Waals surface area contributed by atoms with Gasteiger partial charge in [0.1, 0.15) is 0 Å². The Morgan fingerprint density at radius 1 is 1.19 bits per heavy atom. The number of carbonyl (C=O) groups excluding carboxylic acids is 2. The van der Waals surface area contributed by atoms with Crippen LogP contribution in [-0.4, -0.2) is 43.4 Å². The second-order valence-corrected chi connectivity index (χ2v) is 4.02. The molecule has 0 aromatic heterocycles. The van der Waals surface area contributed by atoms with Gasteiger partial charge in [-0.2, -0.15) is 0 Å². The van der Waals surface area contributed by atoms with Crippen molar-refractivity contribution in [2.24, 2.45) is 0 Å². The fraction of sp³-hybridized carbons (Fsp3) is 0.818. The number of carbonyl (C=O) groups is 2. The van der Waals surface area contributed by atoms with E-state index in [0.717, 1.165) is 12.8 Å². The van der Waals surface area contributed by atoms with Crippen molar-refractivity contribution in [3.8, 4) is 0 Å². The third-order valence-electron chi connectivity index (χ3n) is 2.30. The lowest BCUT2D eigenvalue weighted by Gasteiger charge is -2.16. The number of hydrogen-bond acceptors (Lipinski definition) is 3. The van der Waals surface area contributed by atoms with Crippen LogP contribution in [0.5, 0.6) is 0 Å². The first-order valence-electron chi connectivity index (χ1n) is 5.48. The van der Waals surface area contributed by atoms with Crippen molar-refractivity contribution in [1.29, 1.82) is 0 Å². The van der Waals surface area contributed by atoms with Crippen LogP contribution in [0.2, 0.25) is 0 Å². The summed E-state index contributed by atoms with van der Waals surface area (Å²) >= 11 is 5.52. The Labute approximate surface area is 102 Å². The second-order valence-electron chi connectivity index (χ2n) is 3.64. The quantitative estimate of drug-likeness (QED) is 0.374. The Morgan fingerprint density at radius 2 is 1.88 bits per heavy atom. The predicted octanol–water partition coefficient (Wildman–Crippen LogP) is 1.81. The van der Waals surface area contributed by atoms with Gasteiger partial charge < -0.3 is 9.64 Å². The summed E-state index contributed by atoms with van der Waals surface area (Å²) in [6.45, 7) is 0.592. The van der Waals surface area contributed by atoms with Crippen LogP contribution in [0, 0.1) is 0 Å². The highest BCUT2D eigenvalue weighted by Gasteiger charge is 2.08. The Hall–Kier alpha value is -0.770. The molecule has 0 saturated carbocycles. The van der Waals surface area contributed by atoms with Gasteiger partial charge in [0.15, 0.2) is 0 Å². The standard InChI is InChI=1S/C11H20ClNO3/c1-13(9-5-7-11(15)16-2)10(14)6-3-4-8-12/h3-9H2,1-2H3. The molecule has 1 amide bonds. The molecule has 0 aromatic rings. The maximum Gasteiger partial charge on any atom is 0.305 e. The van der Waals surface area contributed by atoms with E-state index in [-0.39, 0.29) is 11.9 Å². The molecular formula is C11H20ClNO3. The minimum absolute atomic E-state index is 0.106. The van der Waals surface area contributed by atoms with Gasteiger partial charge in [-0.15, -0.1) is 11.6 Å². The molecule has 0 radical (unpaired) electrons. The lowest BCUT2D eigenvalue weighted by atomic mass is 10.2. The first-order chi connectivity index (χ1) is 7.61. The van der Waals surface area contributed by atoms with Gasteiger partial charge in [0.2, 0.25) is 5.91 Å². The molecule has 0 atom stereocenters. The van der Waals surface area contributed by atoms with Crippen LogP contribution in [0.3, 0.4) is 0 Å². The van der Waals surface area contributed by atoms with Crippen molar-refractivity contribution >= 4 is 23.5 Å². The minimum Gasteiger partial charge on any atom is -0.469 e. The number of halogens is 1. The van der Waals surface area contributed by atoms with Crippen molar-refractivity contribution < 1.29 is 14.3 Å². The predicted molar refractivity (Wildman–Crippen MR) is 63.5 cm³/mol. The summed E-state index contributed by atoms with van der Waals surface area (Å²) < 4.78 is 4.51. The zero-order chi connectivity index (χ0) is 12.4. The average Bonchev–Trinajstić information content (AvgIpc) is 2.28. The zero-order valence-electron chi connectivity index (χ0n) is 10.00. The Balaban J connectivity index is 3.58. The van der Waals surface area contributed by atoms with Crippen LogP contribution in [0.15, 0.2) is 0 Å². The molecule has 0 saturated heterocycles. The molecule has 0 unspecified atom stereocenters. The number of rotatable bonds is 8. The van der Waals surface area contributed by atoms with E-state index < -0.39 is 0 Å². The Bertz CT molecular complexity index is 221. The van der Waals surface area contributed by atoms with Gasteiger partial charge in [0.05, 0.1) is 7.11 Å². The van der Waals surface area contributed by atoms with Crippen LogP contribution in [0.25, 0.3) is 0 Å². The summed E-state index contributed by atoms with van der Waals surface area (Å²) in [4.78, 5) is 24.0. The molecule has 0 aliphatic rings. The van der Waals surface area contributed by atoms with E-state index in [2.05, 4.69) is 4.74 Å². The normalized spacial score (nSPS) is 9.94. The van der Waals surface area contributed by atoms with Crippen molar-refractivity contribution in [1.82, 2.24) is 4.90 Å². The molecule has 0 aromatic carbocycles. The highest BCUT2D eigenvalue weighted by molar-refractivity contribution is 6.17. The van der Waals surface area contributed by atoms with E-state index in [1.165, 1.54) is 7.11 Å². The number of amides is 1. The Morgan fingerprint density at radius 3 is 2.44 bits per heavy atom. The number of unbranched alkanes of at least 4 members (excludes halogenated alkanes) is 1. The smallest absolute Gasteiger partial charge is 0.305 e. The molecule has 0 heterocycles. The van der Waals surface area contributed by atoms with E-state index in [1.54, 1.807) is 11.9 Å². The highest BCUT2D eigenvalue weighted by Crippen LogP contribution is 2.02. The molecule has 94 valence electrons. The summed E-state index contributed by atoms with van der Waals surface area (Å²) in [5.74, 6) is 0.470. The molecule has 0 aliphatic heterocycles. The maximum absolute atomic E-state index is 11.5. The first kappa shape index (κ1) is 15.2. The third-order valence-corrected chi connectivity index (χ3v) is 2.57. The molecule has 0 spiro atoms. The highest BCUT2D eigenvalue weighted by atomic mass is 35.5. The monoisotopic (exact) mass is 249 g/mol. The van der Waals surface area contributed by atoms with Gasteiger partial charge in [-0.05, 0) is 19.3 Å². The largest absolute Gasteiger partial charge is 0.469 e. The summed E-state index contributed by atoms with van der Waals surface area (Å²) in [6.07, 6.45) is 3.22. The average molecular weight is 250 g/mol. The molecule has 0 N–H and O–H groups in total. The van der Waals surface area contributed by atoms with Crippen molar-refractivity contribution in [3.63, 3.8) is 0 Å². The minimum atomic E-state index is -0.233. The molecule has 0 aliphatic carbocycles. The van der Waals surface area contributed by atoms with Gasteiger partial charge in [0.25, 0.3) is 0 Å². The van der Waals surface area contributed by atoms with Crippen LogP contribution in [0.1, 0.15) is 32.1 Å². The summed E-state index contributed by atoms with van der Waals surface area (Å²) in [7, 11) is 3.11. The van der Waals surface area contributed by atoms with E-state index in [0.29, 0.717) is 31.7 Å². The van der Waals surface area contributed by atoms with E-state index in [4.69, 9.17) is 11.6 Å². The number of nitrogens with zero attached hydrogens (tertiary/aromatic N) is 1. The fourth-order valence-electron chi connectivity index (χ4n) is 1.25. The molecule has 4 nitrogen and oxygen atoms in total. The van der Waals surface area contributed by atoms with Gasteiger partial charge in [-0.25, -0.2) is 0 Å². The molecule has 0 bridgehead atoms. The number of hydrogen-bond donors (Lipinski definition) is 0. The van der Waals surface area contributed by atoms with Gasteiger partial charge >= 0.3 is 5.97 Å². The summed E-state index contributed by atoms with van der Waals surface area (Å²) in [6, 6.07) is 0. The van der Waals surface area contributed by atoms with Crippen LogP contribution >= 0.6 is 11.6 Å².